The molecule has 3 aromatic rings. The van der Waals surface area contributed by atoms with Gasteiger partial charge in [0.1, 0.15) is 5.52 Å². The predicted octanol–water partition coefficient (Wildman–Crippen LogP) is 3.31. The lowest BCUT2D eigenvalue weighted by Gasteiger charge is -2.08. The van der Waals surface area contributed by atoms with E-state index >= 15 is 0 Å². The summed E-state index contributed by atoms with van der Waals surface area (Å²) in [4.78, 5) is 8.50. The van der Waals surface area contributed by atoms with Crippen molar-refractivity contribution in [3.63, 3.8) is 0 Å². The molecule has 0 radical (unpaired) electrons. The Morgan fingerprint density at radius 2 is 1.94 bits per heavy atom. The monoisotopic (exact) mass is 278 g/mol. The summed E-state index contributed by atoms with van der Waals surface area (Å²) in [6.45, 7) is 0. The Kier molecular flexibility index (Phi) is 2.61. The Labute approximate surface area is 113 Å². The molecule has 0 saturated heterocycles. The van der Waals surface area contributed by atoms with Gasteiger partial charge in [-0.2, -0.15) is 0 Å². The van der Waals surface area contributed by atoms with Gasteiger partial charge in [0.15, 0.2) is 5.65 Å². The van der Waals surface area contributed by atoms with Gasteiger partial charge in [0.2, 0.25) is 5.95 Å². The minimum Gasteiger partial charge on any atom is -0.369 e. The second kappa shape index (κ2) is 4.15. The number of imidazole rings is 1. The fourth-order valence-electron chi connectivity index (χ4n) is 1.83. The minimum atomic E-state index is 0.327. The van der Waals surface area contributed by atoms with Gasteiger partial charge in [0.05, 0.1) is 15.7 Å². The van der Waals surface area contributed by atoms with E-state index in [1.54, 1.807) is 29.0 Å². The van der Waals surface area contributed by atoms with E-state index in [1.165, 1.54) is 0 Å². The van der Waals surface area contributed by atoms with Crippen LogP contribution < -0.4 is 5.73 Å². The van der Waals surface area contributed by atoms with Gasteiger partial charge < -0.3 is 5.73 Å². The van der Waals surface area contributed by atoms with E-state index in [1.807, 2.05) is 12.1 Å². The minimum absolute atomic E-state index is 0.327. The summed E-state index contributed by atoms with van der Waals surface area (Å²) in [5.74, 6) is 0.327. The number of rotatable bonds is 1. The molecule has 6 heteroatoms. The van der Waals surface area contributed by atoms with Gasteiger partial charge in [-0.25, -0.2) is 9.97 Å². The fraction of sp³-hybridized carbons (Fsp3) is 0. The molecule has 90 valence electrons. The molecular formula is C12H8Cl2N4. The third-order valence-corrected chi connectivity index (χ3v) is 3.42. The van der Waals surface area contributed by atoms with Gasteiger partial charge in [-0.1, -0.05) is 29.3 Å². The van der Waals surface area contributed by atoms with Crippen molar-refractivity contribution >= 4 is 40.3 Å². The maximum atomic E-state index is 6.19. The number of aromatic nitrogens is 3. The summed E-state index contributed by atoms with van der Waals surface area (Å²) < 4.78 is 1.68. The van der Waals surface area contributed by atoms with Crippen molar-refractivity contribution < 1.29 is 0 Å². The van der Waals surface area contributed by atoms with Gasteiger partial charge in [-0.3, -0.25) is 4.57 Å². The van der Waals surface area contributed by atoms with Crippen molar-refractivity contribution in [3.8, 4) is 5.69 Å². The van der Waals surface area contributed by atoms with Crippen molar-refractivity contribution in [1.29, 1.82) is 0 Å². The molecule has 18 heavy (non-hydrogen) atoms. The molecule has 0 atom stereocenters. The number of benzene rings is 1. The third-order valence-electron chi connectivity index (χ3n) is 2.61. The summed E-state index contributed by atoms with van der Waals surface area (Å²) in [5, 5.41) is 0.891. The van der Waals surface area contributed by atoms with Crippen LogP contribution in [0.1, 0.15) is 0 Å². The van der Waals surface area contributed by atoms with Crippen molar-refractivity contribution in [2.45, 2.75) is 0 Å². The predicted molar refractivity (Wildman–Crippen MR) is 73.3 cm³/mol. The van der Waals surface area contributed by atoms with Crippen molar-refractivity contribution in [2.75, 3.05) is 5.73 Å². The molecule has 2 aromatic heterocycles. The number of halogens is 2. The number of nitrogen functional groups attached to an aromatic ring is 1. The molecular weight excluding hydrogens is 271 g/mol. The number of pyridine rings is 1. The Hall–Kier alpha value is -1.78. The van der Waals surface area contributed by atoms with Crippen LogP contribution in [0, 0.1) is 0 Å². The number of hydrogen-bond donors (Lipinski definition) is 1. The molecule has 4 nitrogen and oxygen atoms in total. The molecule has 0 unspecified atom stereocenters. The number of fused-ring (bicyclic) bond motifs is 1. The maximum absolute atomic E-state index is 6.19. The SMILES string of the molecule is Nc1nc2cccnc2n1-c1cccc(Cl)c1Cl. The molecule has 0 spiro atoms. The highest BCUT2D eigenvalue weighted by Crippen LogP contribution is 2.31. The molecule has 3 rings (SSSR count). The molecule has 1 aromatic carbocycles. The number of anilines is 1. The van der Waals surface area contributed by atoms with E-state index < -0.39 is 0 Å². The average Bonchev–Trinajstić information content (AvgIpc) is 2.69. The Morgan fingerprint density at radius 1 is 1.11 bits per heavy atom. The molecule has 2 N–H and O–H groups in total. The second-order valence-electron chi connectivity index (χ2n) is 3.72. The smallest absolute Gasteiger partial charge is 0.207 e. The van der Waals surface area contributed by atoms with Gasteiger partial charge in [-0.05, 0) is 24.3 Å². The first kappa shape index (κ1) is 11.3. The van der Waals surface area contributed by atoms with E-state index in [9.17, 15) is 0 Å². The van der Waals surface area contributed by atoms with Gasteiger partial charge >= 0.3 is 0 Å². The zero-order chi connectivity index (χ0) is 12.7. The summed E-state index contributed by atoms with van der Waals surface area (Å²) >= 11 is 12.2. The Bertz CT molecular complexity index is 736. The van der Waals surface area contributed by atoms with E-state index in [2.05, 4.69) is 9.97 Å². The van der Waals surface area contributed by atoms with Crippen LogP contribution in [0.15, 0.2) is 36.5 Å². The van der Waals surface area contributed by atoms with Gasteiger partial charge in [-0.15, -0.1) is 0 Å². The van der Waals surface area contributed by atoms with Crippen LogP contribution >= 0.6 is 23.2 Å². The van der Waals surface area contributed by atoms with Crippen LogP contribution in [-0.4, -0.2) is 14.5 Å². The maximum Gasteiger partial charge on any atom is 0.207 e. The molecule has 0 aliphatic rings. The number of nitrogens with zero attached hydrogens (tertiary/aromatic N) is 3. The molecule has 0 bridgehead atoms. The first-order valence-corrected chi connectivity index (χ1v) is 5.97. The highest BCUT2D eigenvalue weighted by atomic mass is 35.5. The molecule has 0 fully saturated rings. The standard InChI is InChI=1S/C12H8Cl2N4/c13-7-3-1-5-9(10(7)14)18-11-8(17-12(18)15)4-2-6-16-11/h1-6H,(H2,15,17). The quantitative estimate of drug-likeness (QED) is 0.743. The lowest BCUT2D eigenvalue weighted by molar-refractivity contribution is 1.08. The molecule has 0 saturated carbocycles. The molecule has 0 amide bonds. The molecule has 0 aliphatic heterocycles. The average molecular weight is 279 g/mol. The van der Waals surface area contributed by atoms with Crippen LogP contribution in [0.3, 0.4) is 0 Å². The van der Waals surface area contributed by atoms with E-state index in [4.69, 9.17) is 28.9 Å². The van der Waals surface area contributed by atoms with E-state index in [0.29, 0.717) is 32.8 Å². The van der Waals surface area contributed by atoms with E-state index in [-0.39, 0.29) is 0 Å². The Balaban J connectivity index is 2.38. The van der Waals surface area contributed by atoms with Crippen LogP contribution in [0.25, 0.3) is 16.9 Å². The van der Waals surface area contributed by atoms with Crippen LogP contribution in [0.2, 0.25) is 10.0 Å². The third kappa shape index (κ3) is 1.62. The fourth-order valence-corrected chi connectivity index (χ4v) is 2.21. The number of nitrogens with two attached hydrogens (primary N) is 1. The van der Waals surface area contributed by atoms with Crippen LogP contribution in [0.5, 0.6) is 0 Å². The largest absolute Gasteiger partial charge is 0.369 e. The summed E-state index contributed by atoms with van der Waals surface area (Å²) in [5.41, 5.74) is 7.95. The zero-order valence-corrected chi connectivity index (χ0v) is 10.7. The van der Waals surface area contributed by atoms with Gasteiger partial charge in [0, 0.05) is 6.20 Å². The lowest BCUT2D eigenvalue weighted by atomic mass is 10.3. The first-order chi connectivity index (χ1) is 8.68. The van der Waals surface area contributed by atoms with E-state index in [0.717, 1.165) is 0 Å². The van der Waals surface area contributed by atoms with Crippen molar-refractivity contribution in [1.82, 2.24) is 14.5 Å². The number of hydrogen-bond acceptors (Lipinski definition) is 3. The molecule has 2 heterocycles. The van der Waals surface area contributed by atoms with Crippen LogP contribution in [-0.2, 0) is 0 Å². The van der Waals surface area contributed by atoms with Crippen molar-refractivity contribution in [2.24, 2.45) is 0 Å². The highest BCUT2D eigenvalue weighted by molar-refractivity contribution is 6.43. The zero-order valence-electron chi connectivity index (χ0n) is 9.14. The normalized spacial score (nSPS) is 11.0. The summed E-state index contributed by atoms with van der Waals surface area (Å²) in [6.07, 6.45) is 1.68. The first-order valence-electron chi connectivity index (χ1n) is 5.22. The Morgan fingerprint density at radius 3 is 2.78 bits per heavy atom. The van der Waals surface area contributed by atoms with Gasteiger partial charge in [0.25, 0.3) is 0 Å². The second-order valence-corrected chi connectivity index (χ2v) is 4.51. The van der Waals surface area contributed by atoms with Crippen molar-refractivity contribution in [3.05, 3.63) is 46.6 Å². The summed E-state index contributed by atoms with van der Waals surface area (Å²) in [6, 6.07) is 8.99. The lowest BCUT2D eigenvalue weighted by Crippen LogP contribution is -2.02. The summed E-state index contributed by atoms with van der Waals surface area (Å²) in [7, 11) is 0. The topological polar surface area (TPSA) is 56.7 Å². The van der Waals surface area contributed by atoms with Crippen LogP contribution in [0.4, 0.5) is 5.95 Å². The molecule has 0 aliphatic carbocycles. The highest BCUT2D eigenvalue weighted by Gasteiger charge is 2.14.